The summed E-state index contributed by atoms with van der Waals surface area (Å²) >= 11 is 0. The lowest BCUT2D eigenvalue weighted by molar-refractivity contribution is 0.0827. The third-order valence-electron chi connectivity index (χ3n) is 5.15. The van der Waals surface area contributed by atoms with E-state index in [4.69, 9.17) is 4.74 Å². The molecule has 0 radical (unpaired) electrons. The zero-order valence-electron chi connectivity index (χ0n) is 17.4. The normalized spacial score (nSPS) is 16.4. The Morgan fingerprint density at radius 3 is 2.83 bits per heavy atom. The number of hydrogen-bond acceptors (Lipinski definition) is 5. The van der Waals surface area contributed by atoms with E-state index in [-0.39, 0.29) is 17.9 Å². The Kier molecular flexibility index (Phi) is 6.36. The molecule has 9 heteroatoms. The van der Waals surface area contributed by atoms with Crippen LogP contribution in [0.2, 0.25) is 0 Å². The Morgan fingerprint density at radius 2 is 2.14 bits per heavy atom. The topological polar surface area (TPSA) is 92.6 Å². The number of nitrogens with zero attached hydrogens (tertiary/aromatic N) is 5. The molecule has 0 aliphatic carbocycles. The van der Waals surface area contributed by atoms with Gasteiger partial charge in [-0.25, -0.2) is 4.79 Å². The molecule has 1 aliphatic rings. The smallest absolute Gasteiger partial charge is 0.321 e. The van der Waals surface area contributed by atoms with Gasteiger partial charge in [0.2, 0.25) is 0 Å². The first kappa shape index (κ1) is 20.6. The summed E-state index contributed by atoms with van der Waals surface area (Å²) in [6, 6.07) is 4.80. The number of aromatic nitrogens is 3. The summed E-state index contributed by atoms with van der Waals surface area (Å²) in [5.41, 5.74) is 0.961. The minimum Gasteiger partial charge on any atom is -0.495 e. The Balaban J connectivity index is 1.75. The first-order chi connectivity index (χ1) is 13.9. The molecular weight excluding hydrogens is 372 g/mol. The highest BCUT2D eigenvalue weighted by Gasteiger charge is 2.28. The molecule has 1 aromatic carbocycles. The Hall–Kier alpha value is -3.10. The predicted octanol–water partition coefficient (Wildman–Crippen LogP) is 2.42. The summed E-state index contributed by atoms with van der Waals surface area (Å²) < 4.78 is 7.38. The number of hydrogen-bond donors (Lipinski definition) is 1. The molecule has 9 nitrogen and oxygen atoms in total. The van der Waals surface area contributed by atoms with E-state index in [1.807, 2.05) is 4.57 Å². The average Bonchev–Trinajstić information content (AvgIpc) is 3.22. The van der Waals surface area contributed by atoms with Crippen molar-refractivity contribution in [2.75, 3.05) is 39.6 Å². The van der Waals surface area contributed by atoms with Crippen LogP contribution in [-0.2, 0) is 6.54 Å². The maximum absolute atomic E-state index is 12.9. The van der Waals surface area contributed by atoms with Gasteiger partial charge in [0.25, 0.3) is 5.91 Å². The van der Waals surface area contributed by atoms with Crippen LogP contribution >= 0.6 is 0 Å². The molecule has 2 heterocycles. The minimum absolute atomic E-state index is 0.139. The van der Waals surface area contributed by atoms with Gasteiger partial charge >= 0.3 is 6.03 Å². The molecule has 0 saturated carbocycles. The molecule has 0 bridgehead atoms. The SMILES string of the molecule is CCn1cnnc1[C@H]1CCCN(C(=O)Nc2cc(C(=O)N(C)C)ccc2OC)C1. The van der Waals surface area contributed by atoms with Crippen LogP contribution in [0.5, 0.6) is 5.75 Å². The van der Waals surface area contributed by atoms with Gasteiger partial charge in [0.15, 0.2) is 0 Å². The number of likely N-dealkylation sites (tertiary alicyclic amines) is 1. The number of nitrogens with one attached hydrogen (secondary N) is 1. The summed E-state index contributed by atoms with van der Waals surface area (Å²) in [6.45, 7) is 4.09. The molecule has 3 amide bonds. The fourth-order valence-electron chi connectivity index (χ4n) is 3.59. The van der Waals surface area contributed by atoms with Gasteiger partial charge in [-0.1, -0.05) is 0 Å². The molecule has 0 spiro atoms. The highest BCUT2D eigenvalue weighted by molar-refractivity contribution is 5.97. The number of rotatable bonds is 5. The second kappa shape index (κ2) is 8.93. The molecule has 1 fully saturated rings. The lowest BCUT2D eigenvalue weighted by atomic mass is 9.97. The van der Waals surface area contributed by atoms with Gasteiger partial charge < -0.3 is 24.4 Å². The maximum atomic E-state index is 12.9. The van der Waals surface area contributed by atoms with Crippen LogP contribution < -0.4 is 10.1 Å². The molecular formula is C20H28N6O3. The maximum Gasteiger partial charge on any atom is 0.321 e. The second-order valence-corrected chi connectivity index (χ2v) is 7.31. The Labute approximate surface area is 170 Å². The lowest BCUT2D eigenvalue weighted by Gasteiger charge is -2.32. The van der Waals surface area contributed by atoms with Crippen LogP contribution in [0, 0.1) is 0 Å². The zero-order valence-corrected chi connectivity index (χ0v) is 17.4. The Morgan fingerprint density at radius 1 is 1.34 bits per heavy atom. The fraction of sp³-hybridized carbons (Fsp3) is 0.500. The largest absolute Gasteiger partial charge is 0.495 e. The quantitative estimate of drug-likeness (QED) is 0.832. The van der Waals surface area contributed by atoms with Crippen molar-refractivity contribution in [2.24, 2.45) is 0 Å². The van der Waals surface area contributed by atoms with Crippen molar-refractivity contribution in [1.82, 2.24) is 24.6 Å². The van der Waals surface area contributed by atoms with E-state index in [1.54, 1.807) is 43.5 Å². The summed E-state index contributed by atoms with van der Waals surface area (Å²) in [4.78, 5) is 28.5. The second-order valence-electron chi connectivity index (χ2n) is 7.31. The van der Waals surface area contributed by atoms with Crippen molar-refractivity contribution in [3.8, 4) is 5.75 Å². The number of carbonyl (C=O) groups is 2. The van der Waals surface area contributed by atoms with E-state index in [1.165, 1.54) is 12.0 Å². The molecule has 2 aromatic rings. The van der Waals surface area contributed by atoms with Gasteiger partial charge in [0.1, 0.15) is 17.9 Å². The third kappa shape index (κ3) is 4.49. The summed E-state index contributed by atoms with van der Waals surface area (Å²) in [5, 5.41) is 11.2. The number of ether oxygens (including phenoxy) is 1. The first-order valence-electron chi connectivity index (χ1n) is 9.77. The first-order valence-corrected chi connectivity index (χ1v) is 9.77. The zero-order chi connectivity index (χ0) is 21.0. The van der Waals surface area contributed by atoms with Crippen LogP contribution in [0.15, 0.2) is 24.5 Å². The molecule has 156 valence electrons. The number of benzene rings is 1. The van der Waals surface area contributed by atoms with Crippen LogP contribution in [0.1, 0.15) is 41.9 Å². The third-order valence-corrected chi connectivity index (χ3v) is 5.15. The van der Waals surface area contributed by atoms with E-state index in [9.17, 15) is 9.59 Å². The van der Waals surface area contributed by atoms with Gasteiger partial charge in [0, 0.05) is 45.2 Å². The Bertz CT molecular complexity index is 879. The number of amides is 3. The van der Waals surface area contributed by atoms with Crippen LogP contribution in [-0.4, -0.2) is 70.8 Å². The van der Waals surface area contributed by atoms with Crippen LogP contribution in [0.4, 0.5) is 10.5 Å². The summed E-state index contributed by atoms with van der Waals surface area (Å²) in [6.07, 6.45) is 3.59. The van der Waals surface area contributed by atoms with E-state index in [2.05, 4.69) is 22.4 Å². The van der Waals surface area contributed by atoms with E-state index in [0.717, 1.165) is 25.2 Å². The standard InChI is InChI=1S/C20H28N6O3/c1-5-25-13-21-23-18(25)15-7-6-10-26(12-15)20(28)22-16-11-14(19(27)24(2)3)8-9-17(16)29-4/h8-9,11,13,15H,5-7,10,12H2,1-4H3,(H,22,28)/t15-/m0/s1. The number of piperidine rings is 1. The number of anilines is 1. The number of carbonyl (C=O) groups excluding carboxylic acids is 2. The van der Waals surface area contributed by atoms with E-state index < -0.39 is 0 Å². The number of methoxy groups -OCH3 is 1. The van der Waals surface area contributed by atoms with Gasteiger partial charge in [-0.3, -0.25) is 4.79 Å². The molecule has 1 saturated heterocycles. The molecule has 1 N–H and O–H groups in total. The molecule has 1 aromatic heterocycles. The van der Waals surface area contributed by atoms with Gasteiger partial charge in [-0.15, -0.1) is 10.2 Å². The van der Waals surface area contributed by atoms with Crippen molar-refractivity contribution in [3.63, 3.8) is 0 Å². The van der Waals surface area contributed by atoms with E-state index in [0.29, 0.717) is 30.1 Å². The minimum atomic E-state index is -0.218. The highest BCUT2D eigenvalue weighted by atomic mass is 16.5. The van der Waals surface area contributed by atoms with Gasteiger partial charge in [0.05, 0.1) is 12.8 Å². The number of urea groups is 1. The fourth-order valence-corrected chi connectivity index (χ4v) is 3.59. The number of aryl methyl sites for hydroxylation is 1. The lowest BCUT2D eigenvalue weighted by Crippen LogP contribution is -2.42. The molecule has 1 aliphatic heterocycles. The summed E-state index contributed by atoms with van der Waals surface area (Å²) in [5.74, 6) is 1.44. The highest BCUT2D eigenvalue weighted by Crippen LogP contribution is 2.29. The van der Waals surface area contributed by atoms with Crippen molar-refractivity contribution < 1.29 is 14.3 Å². The molecule has 29 heavy (non-hydrogen) atoms. The van der Waals surface area contributed by atoms with Crippen molar-refractivity contribution in [1.29, 1.82) is 0 Å². The van der Waals surface area contributed by atoms with Crippen molar-refractivity contribution in [2.45, 2.75) is 32.2 Å². The summed E-state index contributed by atoms with van der Waals surface area (Å²) in [7, 11) is 4.91. The predicted molar refractivity (Wildman–Crippen MR) is 109 cm³/mol. The van der Waals surface area contributed by atoms with Crippen molar-refractivity contribution >= 4 is 17.6 Å². The van der Waals surface area contributed by atoms with Crippen molar-refractivity contribution in [3.05, 3.63) is 35.9 Å². The van der Waals surface area contributed by atoms with Gasteiger partial charge in [-0.05, 0) is 38.0 Å². The molecule has 3 rings (SSSR count). The monoisotopic (exact) mass is 400 g/mol. The van der Waals surface area contributed by atoms with Crippen LogP contribution in [0.3, 0.4) is 0 Å². The van der Waals surface area contributed by atoms with E-state index >= 15 is 0 Å². The molecule has 0 unspecified atom stereocenters. The van der Waals surface area contributed by atoms with Crippen LogP contribution in [0.25, 0.3) is 0 Å². The van der Waals surface area contributed by atoms with Gasteiger partial charge in [-0.2, -0.15) is 0 Å². The average molecular weight is 400 g/mol. The molecule has 1 atom stereocenters.